The molecule has 1 aromatic heterocycles. The lowest BCUT2D eigenvalue weighted by Crippen LogP contribution is -2.08. The van der Waals surface area contributed by atoms with Crippen LogP contribution in [0.5, 0.6) is 0 Å². The van der Waals surface area contributed by atoms with E-state index in [0.29, 0.717) is 10.0 Å². The van der Waals surface area contributed by atoms with E-state index in [-0.39, 0.29) is 26.4 Å². The molecule has 0 N–H and O–H groups in total. The van der Waals surface area contributed by atoms with Crippen molar-refractivity contribution >= 4 is 50.7 Å². The van der Waals surface area contributed by atoms with Crippen LogP contribution in [0.2, 0.25) is 15.1 Å². The summed E-state index contributed by atoms with van der Waals surface area (Å²) in [5, 5.41) is 4.25. The molecule has 2 nitrogen and oxygen atoms in total. The number of alkyl halides is 3. The molecule has 1 heterocycles. The van der Waals surface area contributed by atoms with Gasteiger partial charge in [-0.05, 0) is 30.3 Å². The van der Waals surface area contributed by atoms with E-state index in [2.05, 4.69) is 21.0 Å². The molecule has 0 spiro atoms. The lowest BCUT2D eigenvalue weighted by atomic mass is 10.1. The molecule has 25 heavy (non-hydrogen) atoms. The van der Waals surface area contributed by atoms with Crippen molar-refractivity contribution in [1.29, 1.82) is 0 Å². The van der Waals surface area contributed by atoms with E-state index in [1.54, 1.807) is 24.3 Å². The van der Waals surface area contributed by atoms with Crippen LogP contribution in [0.25, 0.3) is 16.9 Å². The molecule has 3 rings (SSSR count). The van der Waals surface area contributed by atoms with E-state index in [0.717, 1.165) is 10.7 Å². The molecule has 130 valence electrons. The van der Waals surface area contributed by atoms with E-state index < -0.39 is 11.9 Å². The summed E-state index contributed by atoms with van der Waals surface area (Å²) in [7, 11) is 0. The zero-order valence-electron chi connectivity index (χ0n) is 12.1. The lowest BCUT2D eigenvalue weighted by Gasteiger charge is -2.12. The molecule has 0 atom stereocenters. The normalized spacial score (nSPS) is 11.8. The summed E-state index contributed by atoms with van der Waals surface area (Å²) in [5.41, 5.74) is -0.434. The highest BCUT2D eigenvalue weighted by Gasteiger charge is 2.36. The van der Waals surface area contributed by atoms with Gasteiger partial charge in [-0.25, -0.2) is 4.68 Å². The number of benzene rings is 2. The Morgan fingerprint density at radius 3 is 2.12 bits per heavy atom. The maximum atomic E-state index is 13.2. The van der Waals surface area contributed by atoms with Gasteiger partial charge < -0.3 is 0 Å². The van der Waals surface area contributed by atoms with Crippen LogP contribution in [0.4, 0.5) is 13.2 Å². The van der Waals surface area contributed by atoms with Crippen LogP contribution in [0.1, 0.15) is 5.69 Å². The minimum absolute atomic E-state index is 0.125. The summed E-state index contributed by atoms with van der Waals surface area (Å²) in [5.74, 6) is 0. The van der Waals surface area contributed by atoms with E-state index in [9.17, 15) is 13.2 Å². The predicted molar refractivity (Wildman–Crippen MR) is 96.7 cm³/mol. The smallest absolute Gasteiger partial charge is 0.229 e. The van der Waals surface area contributed by atoms with Crippen molar-refractivity contribution in [1.82, 2.24) is 9.78 Å². The third-order valence-corrected chi connectivity index (χ3v) is 4.77. The Balaban J connectivity index is 2.33. The SMILES string of the molecule is FC(F)(F)c1cc(-c2ccc(Br)cc2Cl)n(-c2c(Cl)cccc2Cl)n1. The predicted octanol–water partition coefficient (Wildman–Crippen LogP) is 7.28. The molecule has 0 aliphatic carbocycles. The van der Waals surface area contributed by atoms with Crippen molar-refractivity contribution < 1.29 is 13.2 Å². The first-order valence-electron chi connectivity index (χ1n) is 6.75. The van der Waals surface area contributed by atoms with Gasteiger partial charge in [0.2, 0.25) is 0 Å². The third-order valence-electron chi connectivity index (χ3n) is 3.36. The monoisotopic (exact) mass is 468 g/mol. The lowest BCUT2D eigenvalue weighted by molar-refractivity contribution is -0.141. The van der Waals surface area contributed by atoms with Crippen LogP contribution < -0.4 is 0 Å². The van der Waals surface area contributed by atoms with Gasteiger partial charge >= 0.3 is 6.18 Å². The second-order valence-electron chi connectivity index (χ2n) is 5.02. The van der Waals surface area contributed by atoms with Crippen LogP contribution in [0.15, 0.2) is 46.9 Å². The Kier molecular flexibility index (Phi) is 5.08. The minimum atomic E-state index is -4.63. The largest absolute Gasteiger partial charge is 0.435 e. The van der Waals surface area contributed by atoms with Crippen LogP contribution in [0.3, 0.4) is 0 Å². The zero-order valence-corrected chi connectivity index (χ0v) is 15.9. The number of halogens is 7. The summed E-state index contributed by atoms with van der Waals surface area (Å²) in [6.07, 6.45) is -4.63. The van der Waals surface area contributed by atoms with E-state index in [1.165, 1.54) is 12.1 Å². The van der Waals surface area contributed by atoms with Gasteiger partial charge in [-0.1, -0.05) is 62.9 Å². The van der Waals surface area contributed by atoms with Gasteiger partial charge in [0.15, 0.2) is 5.69 Å². The minimum Gasteiger partial charge on any atom is -0.229 e. The molecule has 0 fully saturated rings. The molecule has 0 amide bonds. The highest BCUT2D eigenvalue weighted by molar-refractivity contribution is 9.10. The van der Waals surface area contributed by atoms with E-state index >= 15 is 0 Å². The average Bonchev–Trinajstić information content (AvgIpc) is 2.92. The number of aromatic nitrogens is 2. The van der Waals surface area contributed by atoms with Gasteiger partial charge in [0.05, 0.1) is 20.8 Å². The summed E-state index contributed by atoms with van der Waals surface area (Å²) in [6, 6.07) is 10.4. The van der Waals surface area contributed by atoms with Gasteiger partial charge in [0, 0.05) is 10.0 Å². The van der Waals surface area contributed by atoms with Gasteiger partial charge in [-0.3, -0.25) is 0 Å². The van der Waals surface area contributed by atoms with Crippen molar-refractivity contribution in [2.24, 2.45) is 0 Å². The van der Waals surface area contributed by atoms with Gasteiger partial charge in [-0.2, -0.15) is 18.3 Å². The van der Waals surface area contributed by atoms with Crippen molar-refractivity contribution in [3.05, 3.63) is 67.7 Å². The highest BCUT2D eigenvalue weighted by atomic mass is 79.9. The molecule has 9 heteroatoms. The standard InChI is InChI=1S/C16H7BrCl3F3N2/c17-8-4-5-9(12(20)6-8)13-7-14(16(21,22)23)24-25(13)15-10(18)2-1-3-11(15)19/h1-7H. The maximum absolute atomic E-state index is 13.2. The number of hydrogen-bond donors (Lipinski definition) is 0. The first-order valence-corrected chi connectivity index (χ1v) is 8.68. The Morgan fingerprint density at radius 1 is 0.920 bits per heavy atom. The molecule has 0 unspecified atom stereocenters. The first-order chi connectivity index (χ1) is 11.7. The topological polar surface area (TPSA) is 17.8 Å². The number of rotatable bonds is 2. The molecule has 0 aliphatic rings. The highest BCUT2D eigenvalue weighted by Crippen LogP contribution is 2.39. The second-order valence-corrected chi connectivity index (χ2v) is 7.16. The summed E-state index contributed by atoms with van der Waals surface area (Å²) >= 11 is 21.8. The molecular weight excluding hydrogens is 463 g/mol. The van der Waals surface area contributed by atoms with Gasteiger partial charge in [0.1, 0.15) is 5.69 Å². The number of hydrogen-bond acceptors (Lipinski definition) is 1. The fourth-order valence-electron chi connectivity index (χ4n) is 2.27. The molecule has 0 saturated carbocycles. The fourth-order valence-corrected chi connectivity index (χ4v) is 3.60. The van der Waals surface area contributed by atoms with Gasteiger partial charge in [-0.15, -0.1) is 0 Å². The molecule has 2 aromatic carbocycles. The van der Waals surface area contributed by atoms with Crippen LogP contribution in [0, 0.1) is 0 Å². The van der Waals surface area contributed by atoms with E-state index in [1.807, 2.05) is 0 Å². The van der Waals surface area contributed by atoms with Crippen LogP contribution >= 0.6 is 50.7 Å². The number of nitrogens with zero attached hydrogens (tertiary/aromatic N) is 2. The second kappa shape index (κ2) is 6.83. The average molecular weight is 471 g/mol. The molecule has 0 bridgehead atoms. The Labute approximate surface area is 164 Å². The molecule has 0 aliphatic heterocycles. The maximum Gasteiger partial charge on any atom is 0.435 e. The van der Waals surface area contributed by atoms with E-state index in [4.69, 9.17) is 34.8 Å². The quantitative estimate of drug-likeness (QED) is 0.385. The van der Waals surface area contributed by atoms with Crippen molar-refractivity contribution in [3.63, 3.8) is 0 Å². The van der Waals surface area contributed by atoms with Crippen LogP contribution in [-0.4, -0.2) is 9.78 Å². The molecule has 3 aromatic rings. The van der Waals surface area contributed by atoms with Crippen molar-refractivity contribution in [3.8, 4) is 16.9 Å². The van der Waals surface area contributed by atoms with Crippen molar-refractivity contribution in [2.75, 3.05) is 0 Å². The third kappa shape index (κ3) is 3.67. The molecule has 0 saturated heterocycles. The van der Waals surface area contributed by atoms with Crippen molar-refractivity contribution in [2.45, 2.75) is 6.18 Å². The zero-order chi connectivity index (χ0) is 18.4. The molecular formula is C16H7BrCl3F3N2. The van der Waals surface area contributed by atoms with Gasteiger partial charge in [0.25, 0.3) is 0 Å². The molecule has 0 radical (unpaired) electrons. The first kappa shape index (κ1) is 18.6. The number of para-hydroxylation sites is 1. The fraction of sp³-hybridized carbons (Fsp3) is 0.0625. The summed E-state index contributed by atoms with van der Waals surface area (Å²) in [6.45, 7) is 0. The summed E-state index contributed by atoms with van der Waals surface area (Å²) in [4.78, 5) is 0. The summed E-state index contributed by atoms with van der Waals surface area (Å²) < 4.78 is 41.3. The Hall–Kier alpha value is -1.21. The Morgan fingerprint density at radius 2 is 1.56 bits per heavy atom. The Bertz CT molecular complexity index is 934. The van der Waals surface area contributed by atoms with Crippen LogP contribution in [-0.2, 0) is 6.18 Å².